The molecule has 25 heavy (non-hydrogen) atoms. The molecule has 0 aliphatic carbocycles. The lowest BCUT2D eigenvalue weighted by atomic mass is 9.89. The SMILES string of the molecule is CCC(CC)C1CC(Nc2nc(C(F)F)nc3ccccc23)CCO1. The van der Waals surface area contributed by atoms with E-state index in [2.05, 4.69) is 29.1 Å². The Labute approximate surface area is 147 Å². The van der Waals surface area contributed by atoms with Crippen molar-refractivity contribution in [1.29, 1.82) is 0 Å². The van der Waals surface area contributed by atoms with Crippen molar-refractivity contribution >= 4 is 16.7 Å². The van der Waals surface area contributed by atoms with Crippen molar-refractivity contribution in [2.45, 2.75) is 58.1 Å². The highest BCUT2D eigenvalue weighted by Gasteiger charge is 2.28. The summed E-state index contributed by atoms with van der Waals surface area (Å²) >= 11 is 0. The zero-order chi connectivity index (χ0) is 17.8. The summed E-state index contributed by atoms with van der Waals surface area (Å²) in [6.07, 6.45) is 1.41. The smallest absolute Gasteiger partial charge is 0.297 e. The van der Waals surface area contributed by atoms with E-state index in [1.807, 2.05) is 12.1 Å². The van der Waals surface area contributed by atoms with Crippen molar-refractivity contribution < 1.29 is 13.5 Å². The predicted octanol–water partition coefficient (Wildman–Crippen LogP) is 4.96. The molecule has 2 heterocycles. The second kappa shape index (κ2) is 8.04. The van der Waals surface area contributed by atoms with Gasteiger partial charge in [-0.2, -0.15) is 0 Å². The zero-order valence-electron chi connectivity index (χ0n) is 14.7. The minimum atomic E-state index is -2.68. The van der Waals surface area contributed by atoms with E-state index >= 15 is 0 Å². The molecule has 2 atom stereocenters. The average Bonchev–Trinajstić information content (AvgIpc) is 2.63. The Morgan fingerprint density at radius 1 is 1.20 bits per heavy atom. The van der Waals surface area contributed by atoms with Gasteiger partial charge in [0.05, 0.1) is 11.6 Å². The third-order valence-electron chi connectivity index (χ3n) is 5.05. The Bertz CT molecular complexity index is 706. The van der Waals surface area contributed by atoms with Gasteiger partial charge in [-0.15, -0.1) is 0 Å². The van der Waals surface area contributed by atoms with Gasteiger partial charge in [-0.1, -0.05) is 38.8 Å². The van der Waals surface area contributed by atoms with Crippen molar-refractivity contribution in [3.63, 3.8) is 0 Å². The summed E-state index contributed by atoms with van der Waals surface area (Å²) in [5.74, 6) is 0.601. The van der Waals surface area contributed by atoms with E-state index in [9.17, 15) is 8.78 Å². The van der Waals surface area contributed by atoms with Gasteiger partial charge in [0.2, 0.25) is 0 Å². The van der Waals surface area contributed by atoms with Gasteiger partial charge in [0.15, 0.2) is 5.82 Å². The van der Waals surface area contributed by atoms with Crippen LogP contribution in [-0.4, -0.2) is 28.7 Å². The predicted molar refractivity (Wildman–Crippen MR) is 95.0 cm³/mol. The monoisotopic (exact) mass is 349 g/mol. The largest absolute Gasteiger partial charge is 0.378 e. The summed E-state index contributed by atoms with van der Waals surface area (Å²) in [7, 11) is 0. The Morgan fingerprint density at radius 2 is 1.96 bits per heavy atom. The van der Waals surface area contributed by atoms with Crippen LogP contribution in [0.1, 0.15) is 51.8 Å². The van der Waals surface area contributed by atoms with E-state index in [0.717, 1.165) is 31.1 Å². The minimum absolute atomic E-state index is 0.170. The average molecular weight is 349 g/mol. The topological polar surface area (TPSA) is 47.0 Å². The molecular formula is C19H25F2N3O. The number of fused-ring (bicyclic) bond motifs is 1. The molecule has 2 unspecified atom stereocenters. The van der Waals surface area contributed by atoms with Crippen molar-refractivity contribution in [2.75, 3.05) is 11.9 Å². The minimum Gasteiger partial charge on any atom is -0.378 e. The van der Waals surface area contributed by atoms with E-state index in [1.54, 1.807) is 12.1 Å². The van der Waals surface area contributed by atoms with Crippen LogP contribution in [0.15, 0.2) is 24.3 Å². The number of benzene rings is 1. The molecule has 136 valence electrons. The first-order valence-electron chi connectivity index (χ1n) is 9.05. The molecule has 1 aliphatic heterocycles. The number of hydrogen-bond acceptors (Lipinski definition) is 4. The van der Waals surface area contributed by atoms with Crippen LogP contribution in [-0.2, 0) is 4.74 Å². The maximum Gasteiger partial charge on any atom is 0.297 e. The van der Waals surface area contributed by atoms with Crippen molar-refractivity contribution in [3.05, 3.63) is 30.1 Å². The highest BCUT2D eigenvalue weighted by atomic mass is 19.3. The lowest BCUT2D eigenvalue weighted by molar-refractivity contribution is -0.0271. The van der Waals surface area contributed by atoms with Gasteiger partial charge in [0.1, 0.15) is 5.82 Å². The van der Waals surface area contributed by atoms with E-state index in [1.165, 1.54) is 0 Å². The van der Waals surface area contributed by atoms with E-state index in [0.29, 0.717) is 23.9 Å². The summed E-state index contributed by atoms with van der Waals surface area (Å²) in [6.45, 7) is 5.05. The fourth-order valence-electron chi connectivity index (χ4n) is 3.60. The molecule has 1 aromatic carbocycles. The number of para-hydroxylation sites is 1. The Morgan fingerprint density at radius 3 is 2.68 bits per heavy atom. The Hall–Kier alpha value is -1.82. The van der Waals surface area contributed by atoms with Crippen LogP contribution in [0.3, 0.4) is 0 Å². The van der Waals surface area contributed by atoms with Crippen LogP contribution >= 0.6 is 0 Å². The van der Waals surface area contributed by atoms with E-state index in [4.69, 9.17) is 4.74 Å². The van der Waals surface area contributed by atoms with Gasteiger partial charge in [-0.3, -0.25) is 0 Å². The summed E-state index contributed by atoms with van der Waals surface area (Å²) in [6, 6.07) is 7.44. The summed E-state index contributed by atoms with van der Waals surface area (Å²) in [5.41, 5.74) is 0.541. The first-order valence-corrected chi connectivity index (χ1v) is 9.05. The fourth-order valence-corrected chi connectivity index (χ4v) is 3.60. The highest BCUT2D eigenvalue weighted by Crippen LogP contribution is 2.29. The van der Waals surface area contributed by atoms with Crippen molar-refractivity contribution in [1.82, 2.24) is 9.97 Å². The Kier molecular flexibility index (Phi) is 5.78. The van der Waals surface area contributed by atoms with Crippen LogP contribution in [0.25, 0.3) is 10.9 Å². The van der Waals surface area contributed by atoms with Gasteiger partial charge >= 0.3 is 0 Å². The molecule has 1 fully saturated rings. The number of nitrogens with one attached hydrogen (secondary N) is 1. The number of nitrogens with zero attached hydrogens (tertiary/aromatic N) is 2. The molecule has 0 radical (unpaired) electrons. The summed E-state index contributed by atoms with van der Waals surface area (Å²) < 4.78 is 32.2. The van der Waals surface area contributed by atoms with Gasteiger partial charge in [0, 0.05) is 18.0 Å². The van der Waals surface area contributed by atoms with Gasteiger partial charge < -0.3 is 10.1 Å². The number of rotatable bonds is 6. The van der Waals surface area contributed by atoms with Crippen LogP contribution in [0.4, 0.5) is 14.6 Å². The van der Waals surface area contributed by atoms with Crippen molar-refractivity contribution in [2.24, 2.45) is 5.92 Å². The molecule has 6 heteroatoms. The van der Waals surface area contributed by atoms with Gasteiger partial charge in [0.25, 0.3) is 6.43 Å². The number of aromatic nitrogens is 2. The highest BCUT2D eigenvalue weighted by molar-refractivity contribution is 5.89. The molecule has 4 nitrogen and oxygen atoms in total. The molecule has 0 spiro atoms. The molecule has 1 aromatic heterocycles. The molecular weight excluding hydrogens is 324 g/mol. The third kappa shape index (κ3) is 4.06. The maximum absolute atomic E-state index is 13.1. The standard InChI is InChI=1S/C19H25F2N3O/c1-3-12(4-2)16-11-13(9-10-25-16)22-18-14-7-5-6-8-15(14)23-19(24-18)17(20)21/h5-8,12-13,16-17H,3-4,9-11H2,1-2H3,(H,22,23,24). The molecule has 0 amide bonds. The van der Waals surface area contributed by atoms with Gasteiger partial charge in [-0.25, -0.2) is 18.7 Å². The van der Waals surface area contributed by atoms with E-state index in [-0.39, 0.29) is 12.1 Å². The fraction of sp³-hybridized carbons (Fsp3) is 0.579. The third-order valence-corrected chi connectivity index (χ3v) is 5.05. The molecule has 0 saturated carbocycles. The number of ether oxygens (including phenoxy) is 1. The number of anilines is 1. The quantitative estimate of drug-likeness (QED) is 0.800. The van der Waals surface area contributed by atoms with Gasteiger partial charge in [-0.05, 0) is 30.9 Å². The number of alkyl halides is 2. The second-order valence-electron chi connectivity index (χ2n) is 6.60. The van der Waals surface area contributed by atoms with Crippen LogP contribution < -0.4 is 5.32 Å². The number of halogens is 2. The van der Waals surface area contributed by atoms with E-state index < -0.39 is 12.2 Å². The molecule has 1 saturated heterocycles. The van der Waals surface area contributed by atoms with Crippen LogP contribution in [0, 0.1) is 5.92 Å². The van der Waals surface area contributed by atoms with Crippen molar-refractivity contribution in [3.8, 4) is 0 Å². The first kappa shape index (κ1) is 18.0. The summed E-state index contributed by atoms with van der Waals surface area (Å²) in [5, 5.41) is 4.16. The number of hydrogen-bond donors (Lipinski definition) is 1. The van der Waals surface area contributed by atoms with Crippen LogP contribution in [0.2, 0.25) is 0 Å². The normalized spacial score (nSPS) is 21.2. The maximum atomic E-state index is 13.1. The zero-order valence-corrected chi connectivity index (χ0v) is 14.7. The molecule has 1 aliphatic rings. The molecule has 2 aromatic rings. The first-order chi connectivity index (χ1) is 12.1. The second-order valence-corrected chi connectivity index (χ2v) is 6.60. The molecule has 0 bridgehead atoms. The lowest BCUT2D eigenvalue weighted by Gasteiger charge is -2.34. The molecule has 1 N–H and O–H groups in total. The van der Waals surface area contributed by atoms with Crippen LogP contribution in [0.5, 0.6) is 0 Å². The molecule has 3 rings (SSSR count). The Balaban J connectivity index is 1.84. The lowest BCUT2D eigenvalue weighted by Crippen LogP contribution is -2.38. The summed E-state index contributed by atoms with van der Waals surface area (Å²) in [4.78, 5) is 8.06.